The lowest BCUT2D eigenvalue weighted by Gasteiger charge is -2.29. The molecule has 2 aromatic rings. The van der Waals surface area contributed by atoms with Crippen LogP contribution in [0.2, 0.25) is 0 Å². The summed E-state index contributed by atoms with van der Waals surface area (Å²) in [4.78, 5) is 39.3. The summed E-state index contributed by atoms with van der Waals surface area (Å²) in [5.74, 6) is 0.558. The molecule has 1 aromatic carbocycles. The van der Waals surface area contributed by atoms with Gasteiger partial charge in [-0.05, 0) is 42.8 Å². The van der Waals surface area contributed by atoms with E-state index >= 15 is 0 Å². The smallest absolute Gasteiger partial charge is 0.322 e. The van der Waals surface area contributed by atoms with E-state index in [-0.39, 0.29) is 18.2 Å². The summed E-state index contributed by atoms with van der Waals surface area (Å²) in [6, 6.07) is 7.99. The molecular formula is C25H30N4O6S. The minimum atomic E-state index is -1.51. The standard InChI is InChI=1S/C22H21N3O5.C3H9NOS/c1-3-4-5-6-15-9-10-18(30-15)22(20(27)23-21(28)24-22)13-25-12-14-7-8-16(29-2)11-17(14)19(25)26;1-3-4-6(2)5/h3-11H,12-13H2,1-2H3,(H2,23,24,27,28);4H,3H2,1-2H3/b4-3-,6-5-;/t22-;/m0./s1. The van der Waals surface area contributed by atoms with Gasteiger partial charge in [-0.3, -0.25) is 14.9 Å². The number of nitrogens with zero attached hydrogens (tertiary/aromatic N) is 1. The van der Waals surface area contributed by atoms with E-state index in [1.165, 1.54) is 12.0 Å². The zero-order valence-electron chi connectivity index (χ0n) is 20.6. The summed E-state index contributed by atoms with van der Waals surface area (Å²) >= 11 is 0. The molecule has 2 aliphatic heterocycles. The first kappa shape index (κ1) is 26.9. The van der Waals surface area contributed by atoms with Crippen LogP contribution in [0, 0.1) is 0 Å². The van der Waals surface area contributed by atoms with Gasteiger partial charge in [0.2, 0.25) is 0 Å². The third-order valence-corrected chi connectivity index (χ3v) is 6.22. The van der Waals surface area contributed by atoms with E-state index in [9.17, 15) is 18.6 Å². The molecule has 0 spiro atoms. The van der Waals surface area contributed by atoms with Gasteiger partial charge in [0.25, 0.3) is 11.8 Å². The highest BCUT2D eigenvalue weighted by Crippen LogP contribution is 2.33. The summed E-state index contributed by atoms with van der Waals surface area (Å²) in [6.45, 7) is 4.85. The lowest BCUT2D eigenvalue weighted by molar-refractivity contribution is -0.125. The van der Waals surface area contributed by atoms with Crippen molar-refractivity contribution >= 4 is 34.9 Å². The predicted octanol–water partition coefficient (Wildman–Crippen LogP) is 2.46. The van der Waals surface area contributed by atoms with Crippen LogP contribution in [0.15, 0.2) is 53.0 Å². The first-order valence-electron chi connectivity index (χ1n) is 11.3. The molecule has 192 valence electrons. The second-order valence-corrected chi connectivity index (χ2v) is 9.23. The van der Waals surface area contributed by atoms with Gasteiger partial charge in [-0.2, -0.15) is 0 Å². The molecule has 0 saturated carbocycles. The Bertz CT molecular complexity index is 1220. The Balaban J connectivity index is 0.000000538. The number of amides is 4. The van der Waals surface area contributed by atoms with Gasteiger partial charge in [0, 0.05) is 24.9 Å². The van der Waals surface area contributed by atoms with Crippen LogP contribution in [0.25, 0.3) is 6.08 Å². The van der Waals surface area contributed by atoms with E-state index in [2.05, 4.69) is 15.4 Å². The molecule has 1 fully saturated rings. The summed E-state index contributed by atoms with van der Waals surface area (Å²) in [7, 11) is 0.718. The third-order valence-electron chi connectivity index (χ3n) is 5.52. The van der Waals surface area contributed by atoms with Gasteiger partial charge < -0.3 is 19.4 Å². The zero-order valence-corrected chi connectivity index (χ0v) is 21.4. The van der Waals surface area contributed by atoms with E-state index in [1.807, 2.05) is 32.1 Å². The van der Waals surface area contributed by atoms with Crippen molar-refractivity contribution in [1.82, 2.24) is 20.3 Å². The molecule has 2 aliphatic rings. The Labute approximate surface area is 212 Å². The van der Waals surface area contributed by atoms with Gasteiger partial charge in [-0.1, -0.05) is 31.2 Å². The van der Waals surface area contributed by atoms with Crippen LogP contribution < -0.4 is 20.1 Å². The molecule has 0 aliphatic carbocycles. The molecule has 1 aromatic heterocycles. The van der Waals surface area contributed by atoms with Gasteiger partial charge in [0.05, 0.1) is 24.6 Å². The van der Waals surface area contributed by atoms with E-state index in [0.29, 0.717) is 23.6 Å². The highest BCUT2D eigenvalue weighted by Gasteiger charge is 2.52. The van der Waals surface area contributed by atoms with E-state index in [0.717, 1.165) is 12.1 Å². The van der Waals surface area contributed by atoms with Crippen LogP contribution in [0.3, 0.4) is 0 Å². The van der Waals surface area contributed by atoms with Crippen LogP contribution >= 0.6 is 0 Å². The largest absolute Gasteiger partial charge is 0.497 e. The SMILES string of the molecule is C/C=C\C=C/c1ccc([C@]2(CN3Cc4ccc(OC)cc4C3=O)NC(=O)NC2=O)o1.CCNS(C)=O. The number of nitrogens with one attached hydrogen (secondary N) is 3. The molecule has 4 amide bonds. The molecule has 1 saturated heterocycles. The highest BCUT2D eigenvalue weighted by molar-refractivity contribution is 7.82. The zero-order chi connectivity index (χ0) is 26.3. The average Bonchev–Trinajstić information content (AvgIpc) is 3.51. The number of allylic oxidation sites excluding steroid dienone is 3. The summed E-state index contributed by atoms with van der Waals surface area (Å²) in [5, 5.41) is 4.92. The molecule has 4 rings (SSSR count). The summed E-state index contributed by atoms with van der Waals surface area (Å²) < 4.78 is 23.8. The van der Waals surface area contributed by atoms with Crippen LogP contribution in [0.5, 0.6) is 5.75 Å². The first-order chi connectivity index (χ1) is 17.2. The molecule has 0 bridgehead atoms. The Hall–Kier alpha value is -3.70. The molecule has 1 unspecified atom stereocenters. The average molecular weight is 515 g/mol. The Morgan fingerprint density at radius 2 is 2.00 bits per heavy atom. The number of urea groups is 1. The van der Waals surface area contributed by atoms with Crippen LogP contribution in [0.1, 0.15) is 41.3 Å². The normalized spacial score (nSPS) is 19.8. The molecule has 3 heterocycles. The summed E-state index contributed by atoms with van der Waals surface area (Å²) in [5.41, 5.74) is -0.162. The number of hydrogen-bond acceptors (Lipinski definition) is 6. The molecule has 10 nitrogen and oxygen atoms in total. The van der Waals surface area contributed by atoms with Crippen molar-refractivity contribution in [3.05, 3.63) is 71.2 Å². The van der Waals surface area contributed by atoms with Gasteiger partial charge in [-0.15, -0.1) is 0 Å². The lowest BCUT2D eigenvalue weighted by atomic mass is 9.95. The van der Waals surface area contributed by atoms with Crippen molar-refractivity contribution < 1.29 is 27.7 Å². The Kier molecular flexibility index (Phi) is 8.83. The van der Waals surface area contributed by atoms with Crippen molar-refractivity contribution in [2.45, 2.75) is 25.9 Å². The minimum Gasteiger partial charge on any atom is -0.497 e. The van der Waals surface area contributed by atoms with Crippen LogP contribution in [-0.2, 0) is 27.9 Å². The Morgan fingerprint density at radius 3 is 2.58 bits per heavy atom. The maximum Gasteiger partial charge on any atom is 0.322 e. The number of imide groups is 1. The second-order valence-electron chi connectivity index (χ2n) is 8.04. The van der Waals surface area contributed by atoms with Crippen molar-refractivity contribution in [1.29, 1.82) is 0 Å². The van der Waals surface area contributed by atoms with Crippen molar-refractivity contribution in [3.8, 4) is 5.75 Å². The first-order valence-corrected chi connectivity index (χ1v) is 12.9. The van der Waals surface area contributed by atoms with Crippen LogP contribution in [0.4, 0.5) is 4.79 Å². The molecule has 2 atom stereocenters. The third kappa shape index (κ3) is 5.92. The van der Waals surface area contributed by atoms with Gasteiger partial charge in [0.1, 0.15) is 17.3 Å². The topological polar surface area (TPSA) is 130 Å². The Morgan fingerprint density at radius 1 is 1.22 bits per heavy atom. The number of furan rings is 1. The number of ether oxygens (including phenoxy) is 1. The number of methoxy groups -OCH3 is 1. The summed E-state index contributed by atoms with van der Waals surface area (Å²) in [6.07, 6.45) is 8.88. The monoisotopic (exact) mass is 514 g/mol. The number of fused-ring (bicyclic) bond motifs is 1. The molecular weight excluding hydrogens is 484 g/mol. The van der Waals surface area contributed by atoms with Gasteiger partial charge in [0.15, 0.2) is 5.54 Å². The van der Waals surface area contributed by atoms with E-state index < -0.39 is 28.5 Å². The van der Waals surface area contributed by atoms with E-state index in [1.54, 1.807) is 42.7 Å². The number of rotatable bonds is 8. The molecule has 36 heavy (non-hydrogen) atoms. The maximum absolute atomic E-state index is 13.0. The van der Waals surface area contributed by atoms with Crippen LogP contribution in [-0.4, -0.2) is 53.4 Å². The van der Waals surface area contributed by atoms with Crippen molar-refractivity contribution in [2.24, 2.45) is 0 Å². The fourth-order valence-corrected chi connectivity index (χ4v) is 4.28. The van der Waals surface area contributed by atoms with Crippen molar-refractivity contribution in [3.63, 3.8) is 0 Å². The highest BCUT2D eigenvalue weighted by atomic mass is 32.2. The predicted molar refractivity (Wildman–Crippen MR) is 136 cm³/mol. The maximum atomic E-state index is 13.0. The lowest BCUT2D eigenvalue weighted by Crippen LogP contribution is -2.52. The fourth-order valence-electron chi connectivity index (χ4n) is 3.87. The number of carbonyl (C=O) groups is 3. The number of carbonyl (C=O) groups excluding carboxylic acids is 3. The second kappa shape index (κ2) is 11.8. The molecule has 0 radical (unpaired) electrons. The fraction of sp³-hybridized carbons (Fsp3) is 0.320. The number of benzene rings is 1. The van der Waals surface area contributed by atoms with E-state index in [4.69, 9.17) is 9.15 Å². The quantitative estimate of drug-likeness (QED) is 0.367. The molecule has 11 heteroatoms. The minimum absolute atomic E-state index is 0.0636. The van der Waals surface area contributed by atoms with Gasteiger partial charge in [-0.25, -0.2) is 13.7 Å². The van der Waals surface area contributed by atoms with Gasteiger partial charge >= 0.3 is 6.03 Å². The molecule has 3 N–H and O–H groups in total. The number of hydrogen-bond donors (Lipinski definition) is 3. The van der Waals surface area contributed by atoms with Crippen molar-refractivity contribution in [2.75, 3.05) is 26.5 Å².